The summed E-state index contributed by atoms with van der Waals surface area (Å²) in [6, 6.07) is 13.7. The van der Waals surface area contributed by atoms with Gasteiger partial charge in [-0.3, -0.25) is 9.29 Å². The van der Waals surface area contributed by atoms with Gasteiger partial charge in [0.25, 0.3) is 0 Å². The number of sulfonamides is 1. The Hall–Kier alpha value is -2.55. The third-order valence-corrected chi connectivity index (χ3v) is 4.46. The minimum atomic E-state index is -4.80. The number of aromatic nitrogens is 2. The van der Waals surface area contributed by atoms with Crippen molar-refractivity contribution in [2.45, 2.75) is 6.18 Å². The Morgan fingerprint density at radius 3 is 2.46 bits per heavy atom. The number of imidazole rings is 1. The van der Waals surface area contributed by atoms with Gasteiger partial charge < -0.3 is 0 Å². The van der Waals surface area contributed by atoms with Gasteiger partial charge in [-0.1, -0.05) is 18.2 Å². The number of halogens is 3. The average molecular weight is 355 g/mol. The monoisotopic (exact) mass is 355 g/mol. The van der Waals surface area contributed by atoms with E-state index in [0.29, 0.717) is 11.0 Å². The molecule has 0 aliphatic carbocycles. The number of fused-ring (bicyclic) bond motifs is 1. The smallest absolute Gasteiger partial charge is 0.299 e. The highest BCUT2D eigenvalue weighted by Gasteiger charge is 2.35. The molecule has 0 spiro atoms. The summed E-state index contributed by atoms with van der Waals surface area (Å²) < 4.78 is 63.5. The van der Waals surface area contributed by atoms with Crippen molar-refractivity contribution in [2.24, 2.45) is 0 Å². The van der Waals surface area contributed by atoms with E-state index in [-0.39, 0.29) is 5.69 Å². The minimum absolute atomic E-state index is 0.0325. The molecule has 24 heavy (non-hydrogen) atoms. The molecule has 0 saturated carbocycles. The lowest BCUT2D eigenvalue weighted by molar-refractivity contribution is -0.106. The van der Waals surface area contributed by atoms with Crippen molar-refractivity contribution in [3.05, 3.63) is 54.9 Å². The summed E-state index contributed by atoms with van der Waals surface area (Å²) in [5.74, 6) is -1.93. The fraction of sp³-hybridized carbons (Fsp3) is 0.133. The second kappa shape index (κ2) is 5.82. The molecular formula is C15H12F3N3O2S. The summed E-state index contributed by atoms with van der Waals surface area (Å²) >= 11 is 0. The second-order valence-electron chi connectivity index (χ2n) is 5.13. The van der Waals surface area contributed by atoms with Crippen molar-refractivity contribution >= 4 is 26.7 Å². The van der Waals surface area contributed by atoms with Gasteiger partial charge in [0, 0.05) is 5.69 Å². The highest BCUT2D eigenvalue weighted by atomic mass is 32.2. The Labute approximate surface area is 135 Å². The van der Waals surface area contributed by atoms with Gasteiger partial charge in [-0.05, 0) is 30.3 Å². The first kappa shape index (κ1) is 16.3. The average Bonchev–Trinajstić information content (AvgIpc) is 2.88. The number of anilines is 1. The third-order valence-electron chi connectivity index (χ3n) is 3.21. The number of hydrogen-bond donors (Lipinski definition) is 1. The first-order chi connectivity index (χ1) is 11.2. The summed E-state index contributed by atoms with van der Waals surface area (Å²) in [6.07, 6.45) is -3.24. The Morgan fingerprint density at radius 2 is 1.79 bits per heavy atom. The van der Waals surface area contributed by atoms with Crippen molar-refractivity contribution in [1.29, 1.82) is 0 Å². The first-order valence-electron chi connectivity index (χ1n) is 6.83. The molecule has 3 rings (SSSR count). The molecule has 0 saturated heterocycles. The van der Waals surface area contributed by atoms with Crippen LogP contribution in [0.15, 0.2) is 54.9 Å². The lowest BCUT2D eigenvalue weighted by atomic mass is 10.2. The Morgan fingerprint density at radius 1 is 1.08 bits per heavy atom. The van der Waals surface area contributed by atoms with Gasteiger partial charge in [0.05, 0.1) is 16.7 Å². The molecule has 0 atom stereocenters. The van der Waals surface area contributed by atoms with E-state index in [9.17, 15) is 21.6 Å². The van der Waals surface area contributed by atoms with Crippen molar-refractivity contribution < 1.29 is 21.6 Å². The maximum atomic E-state index is 12.3. The molecule has 0 fully saturated rings. The van der Waals surface area contributed by atoms with Gasteiger partial charge in [-0.15, -0.1) is 0 Å². The summed E-state index contributed by atoms with van der Waals surface area (Å²) in [5, 5.41) is 0. The molecule has 0 aliphatic rings. The second-order valence-corrected chi connectivity index (χ2v) is 6.85. The van der Waals surface area contributed by atoms with Gasteiger partial charge in [0.2, 0.25) is 10.0 Å². The number of alkyl halides is 3. The zero-order valence-electron chi connectivity index (χ0n) is 12.2. The molecule has 1 aromatic heterocycles. The van der Waals surface area contributed by atoms with Crippen LogP contribution in [0.2, 0.25) is 0 Å². The van der Waals surface area contributed by atoms with E-state index in [4.69, 9.17) is 0 Å². The van der Waals surface area contributed by atoms with Crippen molar-refractivity contribution in [1.82, 2.24) is 9.55 Å². The SMILES string of the molecule is O=S(=O)(CC(F)(F)F)Nc1ccc2c(c1)ncn2-c1ccccc1. The van der Waals surface area contributed by atoms with Crippen LogP contribution in [0.5, 0.6) is 0 Å². The Bertz CT molecular complexity index is 967. The van der Waals surface area contributed by atoms with Crippen LogP contribution in [0.3, 0.4) is 0 Å². The van der Waals surface area contributed by atoms with Crippen LogP contribution in [0.4, 0.5) is 18.9 Å². The number of rotatable bonds is 4. The highest BCUT2D eigenvalue weighted by molar-refractivity contribution is 7.92. The van der Waals surface area contributed by atoms with Gasteiger partial charge >= 0.3 is 6.18 Å². The minimum Gasteiger partial charge on any atom is -0.299 e. The normalized spacial score (nSPS) is 12.5. The van der Waals surface area contributed by atoms with Crippen LogP contribution >= 0.6 is 0 Å². The number of nitrogens with one attached hydrogen (secondary N) is 1. The van der Waals surface area contributed by atoms with Gasteiger partial charge in [-0.25, -0.2) is 13.4 Å². The Balaban J connectivity index is 1.91. The van der Waals surface area contributed by atoms with Crippen LogP contribution in [0.1, 0.15) is 0 Å². The van der Waals surface area contributed by atoms with E-state index < -0.39 is 22.0 Å². The fourth-order valence-electron chi connectivity index (χ4n) is 2.30. The quantitative estimate of drug-likeness (QED) is 0.781. The molecule has 1 N–H and O–H groups in total. The molecule has 0 aliphatic heterocycles. The maximum absolute atomic E-state index is 12.3. The van der Waals surface area contributed by atoms with E-state index in [1.165, 1.54) is 12.1 Å². The highest BCUT2D eigenvalue weighted by Crippen LogP contribution is 2.23. The lowest BCUT2D eigenvalue weighted by Crippen LogP contribution is -2.27. The summed E-state index contributed by atoms with van der Waals surface area (Å²) in [6.45, 7) is 0. The van der Waals surface area contributed by atoms with E-state index in [1.807, 2.05) is 35.1 Å². The van der Waals surface area contributed by atoms with Crippen LogP contribution in [-0.4, -0.2) is 29.9 Å². The number of benzene rings is 2. The predicted octanol–water partition coefficient (Wildman–Crippen LogP) is 3.33. The fourth-order valence-corrected chi connectivity index (χ4v) is 3.29. The molecule has 1 heterocycles. The zero-order chi connectivity index (χ0) is 17.4. The largest absolute Gasteiger partial charge is 0.404 e. The summed E-state index contributed by atoms with van der Waals surface area (Å²) in [7, 11) is -4.52. The van der Waals surface area contributed by atoms with E-state index in [2.05, 4.69) is 4.98 Å². The molecule has 0 bridgehead atoms. The van der Waals surface area contributed by atoms with Crippen LogP contribution in [0.25, 0.3) is 16.7 Å². The van der Waals surface area contributed by atoms with Crippen molar-refractivity contribution in [3.63, 3.8) is 0 Å². The van der Waals surface area contributed by atoms with Crippen LogP contribution in [0, 0.1) is 0 Å². The molecule has 2 aromatic carbocycles. The van der Waals surface area contributed by atoms with Crippen LogP contribution in [-0.2, 0) is 10.0 Å². The zero-order valence-corrected chi connectivity index (χ0v) is 13.0. The summed E-state index contributed by atoms with van der Waals surface area (Å²) in [5.41, 5.74) is 2.07. The first-order valence-corrected chi connectivity index (χ1v) is 8.48. The molecule has 126 valence electrons. The molecular weight excluding hydrogens is 343 g/mol. The third kappa shape index (κ3) is 3.67. The van der Waals surface area contributed by atoms with E-state index in [1.54, 1.807) is 17.0 Å². The topological polar surface area (TPSA) is 64.0 Å². The van der Waals surface area contributed by atoms with Crippen molar-refractivity contribution in [3.8, 4) is 5.69 Å². The van der Waals surface area contributed by atoms with E-state index in [0.717, 1.165) is 5.69 Å². The van der Waals surface area contributed by atoms with Gasteiger partial charge in [0.1, 0.15) is 6.33 Å². The molecule has 9 heteroatoms. The number of nitrogens with zero attached hydrogens (tertiary/aromatic N) is 2. The van der Waals surface area contributed by atoms with E-state index >= 15 is 0 Å². The molecule has 0 amide bonds. The van der Waals surface area contributed by atoms with Gasteiger partial charge in [0.15, 0.2) is 5.75 Å². The maximum Gasteiger partial charge on any atom is 0.404 e. The van der Waals surface area contributed by atoms with Crippen molar-refractivity contribution in [2.75, 3.05) is 10.5 Å². The number of para-hydroxylation sites is 1. The molecule has 0 radical (unpaired) electrons. The molecule has 0 unspecified atom stereocenters. The lowest BCUT2D eigenvalue weighted by Gasteiger charge is -2.10. The molecule has 5 nitrogen and oxygen atoms in total. The van der Waals surface area contributed by atoms with Gasteiger partial charge in [-0.2, -0.15) is 13.2 Å². The molecule has 3 aromatic rings. The summed E-state index contributed by atoms with van der Waals surface area (Å²) in [4.78, 5) is 4.17. The van der Waals surface area contributed by atoms with Crippen LogP contribution < -0.4 is 4.72 Å². The standard InChI is InChI=1S/C15H12F3N3O2S/c16-15(17,18)9-24(22,23)20-11-6-7-14-13(8-11)19-10-21(14)12-4-2-1-3-5-12/h1-8,10,20H,9H2. The predicted molar refractivity (Wildman–Crippen MR) is 84.5 cm³/mol. The number of hydrogen-bond acceptors (Lipinski definition) is 3. The Kier molecular flexibility index (Phi) is 3.96.